The van der Waals surface area contributed by atoms with E-state index < -0.39 is 11.6 Å². The predicted octanol–water partition coefficient (Wildman–Crippen LogP) is 4.90. The van der Waals surface area contributed by atoms with Crippen LogP contribution in [0.2, 0.25) is 0 Å². The Morgan fingerprint density at radius 2 is 2.00 bits per heavy atom. The van der Waals surface area contributed by atoms with Crippen LogP contribution in [0.25, 0.3) is 0 Å². The van der Waals surface area contributed by atoms with Crippen LogP contribution in [-0.4, -0.2) is 7.11 Å². The van der Waals surface area contributed by atoms with Gasteiger partial charge in [-0.15, -0.1) is 6.58 Å². The molecule has 0 N–H and O–H groups in total. The Labute approximate surface area is 114 Å². The summed E-state index contributed by atoms with van der Waals surface area (Å²) in [7, 11) is 1.33. The molecule has 1 aromatic rings. The van der Waals surface area contributed by atoms with Crippen molar-refractivity contribution in [2.75, 3.05) is 7.11 Å². The second-order valence-electron chi connectivity index (χ2n) is 4.73. The first kappa shape index (κ1) is 15.7. The van der Waals surface area contributed by atoms with Crippen molar-refractivity contribution in [2.45, 2.75) is 39.0 Å². The van der Waals surface area contributed by atoms with Crippen LogP contribution < -0.4 is 4.74 Å². The van der Waals surface area contributed by atoms with E-state index in [1.165, 1.54) is 13.2 Å². The van der Waals surface area contributed by atoms with E-state index in [0.717, 1.165) is 25.7 Å². The highest BCUT2D eigenvalue weighted by Gasteiger charge is 2.13. The van der Waals surface area contributed by atoms with E-state index in [1.807, 2.05) is 6.08 Å². The number of halogens is 2. The summed E-state index contributed by atoms with van der Waals surface area (Å²) in [4.78, 5) is 0. The van der Waals surface area contributed by atoms with Gasteiger partial charge in [-0.3, -0.25) is 0 Å². The number of aryl methyl sites for hydroxylation is 1. The van der Waals surface area contributed by atoms with Crippen LogP contribution >= 0.6 is 0 Å². The van der Waals surface area contributed by atoms with Gasteiger partial charge in [-0.2, -0.15) is 4.39 Å². The van der Waals surface area contributed by atoms with Gasteiger partial charge in [0, 0.05) is 0 Å². The summed E-state index contributed by atoms with van der Waals surface area (Å²) in [5.41, 5.74) is 0.414. The van der Waals surface area contributed by atoms with E-state index >= 15 is 0 Å². The summed E-state index contributed by atoms with van der Waals surface area (Å²) in [6.45, 7) is 5.94. The Bertz CT molecular complexity index is 415. The van der Waals surface area contributed by atoms with Crippen molar-refractivity contribution in [1.82, 2.24) is 0 Å². The SMILES string of the molecule is C=CC(CCC)CCCc1ccc(OC)c(F)c1F. The van der Waals surface area contributed by atoms with Crippen molar-refractivity contribution in [2.24, 2.45) is 5.92 Å². The molecule has 0 saturated carbocycles. The van der Waals surface area contributed by atoms with E-state index in [9.17, 15) is 8.78 Å². The topological polar surface area (TPSA) is 9.23 Å². The van der Waals surface area contributed by atoms with Gasteiger partial charge < -0.3 is 4.74 Å². The molecule has 19 heavy (non-hydrogen) atoms. The first-order chi connectivity index (χ1) is 9.13. The van der Waals surface area contributed by atoms with Gasteiger partial charge in [-0.1, -0.05) is 25.5 Å². The largest absolute Gasteiger partial charge is 0.494 e. The second kappa shape index (κ2) is 7.93. The standard InChI is InChI=1S/C16H22F2O/c1-4-7-12(5-2)8-6-9-13-10-11-14(19-3)16(18)15(13)17/h5,10-12H,2,4,6-9H2,1,3H3. The molecule has 0 spiro atoms. The minimum Gasteiger partial charge on any atom is -0.494 e. The van der Waals surface area contributed by atoms with Crippen LogP contribution in [0.4, 0.5) is 8.78 Å². The minimum absolute atomic E-state index is 0.0452. The van der Waals surface area contributed by atoms with Gasteiger partial charge in [0.2, 0.25) is 5.82 Å². The number of methoxy groups -OCH3 is 1. The molecule has 1 aromatic carbocycles. The molecule has 1 atom stereocenters. The summed E-state index contributed by atoms with van der Waals surface area (Å²) in [6, 6.07) is 3.07. The Hall–Kier alpha value is -1.38. The fourth-order valence-electron chi connectivity index (χ4n) is 2.23. The molecule has 1 unspecified atom stereocenters. The van der Waals surface area contributed by atoms with Crippen molar-refractivity contribution in [3.8, 4) is 5.75 Å². The predicted molar refractivity (Wildman–Crippen MR) is 74.4 cm³/mol. The first-order valence-electron chi connectivity index (χ1n) is 6.77. The average molecular weight is 268 g/mol. The molecule has 106 valence electrons. The molecule has 1 rings (SSSR count). The molecule has 0 aliphatic heterocycles. The van der Waals surface area contributed by atoms with Crippen molar-refractivity contribution in [3.63, 3.8) is 0 Å². The number of hydrogen-bond acceptors (Lipinski definition) is 1. The Morgan fingerprint density at radius 3 is 2.58 bits per heavy atom. The highest BCUT2D eigenvalue weighted by Crippen LogP contribution is 2.24. The molecule has 0 heterocycles. The van der Waals surface area contributed by atoms with Gasteiger partial charge >= 0.3 is 0 Å². The lowest BCUT2D eigenvalue weighted by atomic mass is 9.95. The van der Waals surface area contributed by atoms with Gasteiger partial charge in [-0.25, -0.2) is 4.39 Å². The van der Waals surface area contributed by atoms with Crippen molar-refractivity contribution in [3.05, 3.63) is 42.0 Å². The molecular formula is C16H22F2O. The number of benzene rings is 1. The summed E-state index contributed by atoms with van der Waals surface area (Å²) < 4.78 is 32.0. The fraction of sp³-hybridized carbons (Fsp3) is 0.500. The van der Waals surface area contributed by atoms with Crippen LogP contribution in [0.3, 0.4) is 0 Å². The highest BCUT2D eigenvalue weighted by molar-refractivity contribution is 5.31. The summed E-state index contributed by atoms with van der Waals surface area (Å²) in [6.07, 6.45) is 6.50. The molecule has 1 nitrogen and oxygen atoms in total. The third-order valence-electron chi connectivity index (χ3n) is 3.36. The Morgan fingerprint density at radius 1 is 1.26 bits per heavy atom. The normalized spacial score (nSPS) is 12.2. The molecule has 0 saturated heterocycles. The van der Waals surface area contributed by atoms with Crippen LogP contribution in [-0.2, 0) is 6.42 Å². The van der Waals surface area contributed by atoms with Crippen molar-refractivity contribution >= 4 is 0 Å². The molecule has 0 aromatic heterocycles. The van der Waals surface area contributed by atoms with Crippen LogP contribution in [0, 0.1) is 17.6 Å². The first-order valence-corrected chi connectivity index (χ1v) is 6.77. The lowest BCUT2D eigenvalue weighted by Gasteiger charge is -2.11. The number of rotatable bonds is 8. The molecular weight excluding hydrogens is 246 g/mol. The number of hydrogen-bond donors (Lipinski definition) is 0. The zero-order chi connectivity index (χ0) is 14.3. The molecule has 0 amide bonds. The van der Waals surface area contributed by atoms with Crippen molar-refractivity contribution in [1.29, 1.82) is 0 Å². The fourth-order valence-corrected chi connectivity index (χ4v) is 2.23. The van der Waals surface area contributed by atoms with Crippen LogP contribution in [0.5, 0.6) is 5.75 Å². The molecule has 0 fully saturated rings. The van der Waals surface area contributed by atoms with E-state index in [-0.39, 0.29) is 5.75 Å². The van der Waals surface area contributed by atoms with Crippen LogP contribution in [0.1, 0.15) is 38.2 Å². The second-order valence-corrected chi connectivity index (χ2v) is 4.73. The van der Waals surface area contributed by atoms with E-state index in [1.54, 1.807) is 6.07 Å². The van der Waals surface area contributed by atoms with Gasteiger partial charge in [-0.05, 0) is 43.2 Å². The zero-order valence-corrected chi connectivity index (χ0v) is 11.7. The molecule has 0 bridgehead atoms. The third-order valence-corrected chi connectivity index (χ3v) is 3.36. The maximum absolute atomic E-state index is 13.7. The zero-order valence-electron chi connectivity index (χ0n) is 11.7. The maximum Gasteiger partial charge on any atom is 0.200 e. The van der Waals surface area contributed by atoms with Gasteiger partial charge in [0.05, 0.1) is 7.11 Å². The quantitative estimate of drug-likeness (QED) is 0.609. The third kappa shape index (κ3) is 4.34. The summed E-state index contributed by atoms with van der Waals surface area (Å²) in [5.74, 6) is -1.26. The van der Waals surface area contributed by atoms with Gasteiger partial charge in [0.25, 0.3) is 0 Å². The highest BCUT2D eigenvalue weighted by atomic mass is 19.2. The molecule has 0 aliphatic carbocycles. The van der Waals surface area contributed by atoms with Crippen LogP contribution in [0.15, 0.2) is 24.8 Å². The van der Waals surface area contributed by atoms with Crippen molar-refractivity contribution < 1.29 is 13.5 Å². The Balaban J connectivity index is 2.58. The average Bonchev–Trinajstić information content (AvgIpc) is 2.42. The maximum atomic E-state index is 13.7. The van der Waals surface area contributed by atoms with Gasteiger partial charge in [0.15, 0.2) is 11.6 Å². The van der Waals surface area contributed by atoms with E-state index in [2.05, 4.69) is 13.5 Å². The lowest BCUT2D eigenvalue weighted by Crippen LogP contribution is -2.01. The smallest absolute Gasteiger partial charge is 0.200 e. The van der Waals surface area contributed by atoms with E-state index in [4.69, 9.17) is 4.74 Å². The summed E-state index contributed by atoms with van der Waals surface area (Å²) >= 11 is 0. The molecule has 0 aliphatic rings. The van der Waals surface area contributed by atoms with E-state index in [0.29, 0.717) is 17.9 Å². The Kier molecular flexibility index (Phi) is 6.54. The number of ether oxygens (including phenoxy) is 1. The lowest BCUT2D eigenvalue weighted by molar-refractivity contribution is 0.369. The minimum atomic E-state index is -0.895. The number of allylic oxidation sites excluding steroid dienone is 1. The summed E-state index contributed by atoms with van der Waals surface area (Å²) in [5, 5.41) is 0. The molecule has 0 radical (unpaired) electrons. The monoisotopic (exact) mass is 268 g/mol. The molecule has 3 heteroatoms. The van der Waals surface area contributed by atoms with Gasteiger partial charge in [0.1, 0.15) is 0 Å².